The van der Waals surface area contributed by atoms with E-state index in [1.54, 1.807) is 7.11 Å². The van der Waals surface area contributed by atoms with Crippen LogP contribution in [0.4, 0.5) is 0 Å². The van der Waals surface area contributed by atoms with Crippen LogP contribution in [0.3, 0.4) is 0 Å². The average molecular weight is 279 g/mol. The van der Waals surface area contributed by atoms with Crippen molar-refractivity contribution in [2.45, 2.75) is 10.6 Å². The highest BCUT2D eigenvalue weighted by Gasteiger charge is 2.18. The molecule has 0 fully saturated rings. The summed E-state index contributed by atoms with van der Waals surface area (Å²) in [6.45, 7) is 0. The van der Waals surface area contributed by atoms with Crippen molar-refractivity contribution in [2.75, 3.05) is 7.11 Å². The van der Waals surface area contributed by atoms with Gasteiger partial charge in [-0.05, 0) is 35.9 Å². The maximum absolute atomic E-state index is 5.29. The van der Waals surface area contributed by atoms with E-state index in [0.717, 1.165) is 28.1 Å². The molecule has 1 aliphatic rings. The lowest BCUT2D eigenvalue weighted by molar-refractivity contribution is 0.415. The minimum Gasteiger partial charge on any atom is -0.497 e. The van der Waals surface area contributed by atoms with Crippen molar-refractivity contribution < 1.29 is 4.74 Å². The van der Waals surface area contributed by atoms with E-state index in [2.05, 4.69) is 30.3 Å². The number of ether oxygens (including phenoxy) is 1. The van der Waals surface area contributed by atoms with E-state index in [1.165, 1.54) is 16.0 Å². The standard InChI is InChI=1S/C17H13NOS/c1-19-13-6-7-15-11(9-13)8-12-10-20-16-5-3-2-4-14(16)17(12)18-15/h2-9H,10H2,1H3. The molecule has 0 aliphatic carbocycles. The molecule has 0 saturated heterocycles. The Hall–Kier alpha value is -2.00. The molecule has 0 N–H and O–H groups in total. The van der Waals surface area contributed by atoms with Crippen molar-refractivity contribution in [1.29, 1.82) is 0 Å². The van der Waals surface area contributed by atoms with Crippen LogP contribution in [0.1, 0.15) is 5.56 Å². The number of nitrogens with zero attached hydrogens (tertiary/aromatic N) is 1. The van der Waals surface area contributed by atoms with Crippen LogP contribution in [0.5, 0.6) is 5.75 Å². The fraction of sp³-hybridized carbons (Fsp3) is 0.118. The minimum atomic E-state index is 0.878. The quantitative estimate of drug-likeness (QED) is 0.654. The molecule has 0 radical (unpaired) electrons. The summed E-state index contributed by atoms with van der Waals surface area (Å²) >= 11 is 1.88. The number of methoxy groups -OCH3 is 1. The smallest absolute Gasteiger partial charge is 0.119 e. The summed E-state index contributed by atoms with van der Waals surface area (Å²) < 4.78 is 5.29. The highest BCUT2D eigenvalue weighted by molar-refractivity contribution is 7.98. The molecule has 3 aromatic rings. The topological polar surface area (TPSA) is 22.1 Å². The van der Waals surface area contributed by atoms with Crippen LogP contribution in [0, 0.1) is 0 Å². The van der Waals surface area contributed by atoms with Crippen LogP contribution in [-0.4, -0.2) is 12.1 Å². The SMILES string of the molecule is COc1ccc2nc3c(cc2c1)CSc1ccccc1-3. The van der Waals surface area contributed by atoms with E-state index >= 15 is 0 Å². The van der Waals surface area contributed by atoms with Gasteiger partial charge < -0.3 is 4.74 Å². The van der Waals surface area contributed by atoms with Gasteiger partial charge in [-0.3, -0.25) is 0 Å². The zero-order valence-electron chi connectivity index (χ0n) is 11.1. The summed E-state index contributed by atoms with van der Waals surface area (Å²) in [6.07, 6.45) is 0. The van der Waals surface area contributed by atoms with Gasteiger partial charge in [0.2, 0.25) is 0 Å². The van der Waals surface area contributed by atoms with Crippen LogP contribution in [0.25, 0.3) is 22.2 Å². The predicted molar refractivity (Wildman–Crippen MR) is 83.3 cm³/mol. The van der Waals surface area contributed by atoms with E-state index < -0.39 is 0 Å². The molecule has 0 amide bonds. The second-order valence-electron chi connectivity index (χ2n) is 4.84. The predicted octanol–water partition coefficient (Wildman–Crippen LogP) is 4.52. The number of benzene rings is 2. The Morgan fingerprint density at radius 1 is 1.10 bits per heavy atom. The first kappa shape index (κ1) is 11.8. The van der Waals surface area contributed by atoms with Crippen LogP contribution < -0.4 is 4.74 Å². The van der Waals surface area contributed by atoms with E-state index in [1.807, 2.05) is 30.0 Å². The minimum absolute atomic E-state index is 0.878. The molecule has 0 atom stereocenters. The van der Waals surface area contributed by atoms with Crippen molar-refractivity contribution in [1.82, 2.24) is 4.98 Å². The fourth-order valence-corrected chi connectivity index (χ4v) is 3.64. The summed E-state index contributed by atoms with van der Waals surface area (Å²) in [6, 6.07) is 16.8. The number of thioether (sulfide) groups is 1. The zero-order valence-corrected chi connectivity index (χ0v) is 11.9. The molecular formula is C17H13NOS. The number of aromatic nitrogens is 1. The third kappa shape index (κ3) is 1.78. The largest absolute Gasteiger partial charge is 0.497 e. The van der Waals surface area contributed by atoms with Crippen LogP contribution in [0.15, 0.2) is 53.4 Å². The average Bonchev–Trinajstić information content (AvgIpc) is 2.52. The molecular weight excluding hydrogens is 266 g/mol. The molecule has 98 valence electrons. The molecule has 0 bridgehead atoms. The molecule has 0 spiro atoms. The zero-order chi connectivity index (χ0) is 13.5. The van der Waals surface area contributed by atoms with E-state index in [0.29, 0.717) is 0 Å². The maximum Gasteiger partial charge on any atom is 0.119 e. The number of pyridine rings is 1. The summed E-state index contributed by atoms with van der Waals surface area (Å²) in [7, 11) is 1.69. The van der Waals surface area contributed by atoms with Crippen LogP contribution in [-0.2, 0) is 5.75 Å². The van der Waals surface area contributed by atoms with Gasteiger partial charge in [-0.1, -0.05) is 18.2 Å². The Balaban J connectivity index is 1.98. The Labute approximate surface area is 121 Å². The molecule has 1 aromatic heterocycles. The second-order valence-corrected chi connectivity index (χ2v) is 5.86. The Kier molecular flexibility index (Phi) is 2.67. The first-order chi connectivity index (χ1) is 9.85. The van der Waals surface area contributed by atoms with Crippen molar-refractivity contribution in [2.24, 2.45) is 0 Å². The van der Waals surface area contributed by atoms with Crippen molar-refractivity contribution >= 4 is 22.7 Å². The van der Waals surface area contributed by atoms with Crippen molar-refractivity contribution in [3.63, 3.8) is 0 Å². The van der Waals surface area contributed by atoms with Crippen molar-refractivity contribution in [3.05, 3.63) is 54.1 Å². The molecule has 1 aliphatic heterocycles. The maximum atomic E-state index is 5.29. The lowest BCUT2D eigenvalue weighted by Crippen LogP contribution is -1.99. The van der Waals surface area contributed by atoms with Gasteiger partial charge >= 0.3 is 0 Å². The van der Waals surface area contributed by atoms with Gasteiger partial charge in [-0.15, -0.1) is 11.8 Å². The monoisotopic (exact) mass is 279 g/mol. The number of hydrogen-bond donors (Lipinski definition) is 0. The van der Waals surface area contributed by atoms with Gasteiger partial charge in [0.05, 0.1) is 18.3 Å². The van der Waals surface area contributed by atoms with E-state index in [9.17, 15) is 0 Å². The van der Waals surface area contributed by atoms with Gasteiger partial charge in [-0.2, -0.15) is 0 Å². The number of hydrogen-bond acceptors (Lipinski definition) is 3. The molecule has 2 nitrogen and oxygen atoms in total. The Morgan fingerprint density at radius 2 is 2.00 bits per heavy atom. The van der Waals surface area contributed by atoms with Gasteiger partial charge in [0.15, 0.2) is 0 Å². The Morgan fingerprint density at radius 3 is 2.90 bits per heavy atom. The van der Waals surface area contributed by atoms with E-state index in [4.69, 9.17) is 9.72 Å². The molecule has 0 unspecified atom stereocenters. The molecule has 4 rings (SSSR count). The highest BCUT2D eigenvalue weighted by Crippen LogP contribution is 2.41. The van der Waals surface area contributed by atoms with Crippen LogP contribution in [0.2, 0.25) is 0 Å². The highest BCUT2D eigenvalue weighted by atomic mass is 32.2. The van der Waals surface area contributed by atoms with Gasteiger partial charge in [-0.25, -0.2) is 4.98 Å². The summed E-state index contributed by atoms with van der Waals surface area (Å²) in [5.74, 6) is 1.86. The van der Waals surface area contributed by atoms with E-state index in [-0.39, 0.29) is 0 Å². The second kappa shape index (κ2) is 4.53. The first-order valence-corrected chi connectivity index (χ1v) is 7.53. The normalized spacial score (nSPS) is 12.8. The molecule has 0 saturated carbocycles. The number of rotatable bonds is 1. The van der Waals surface area contributed by atoms with Crippen LogP contribution >= 0.6 is 11.8 Å². The van der Waals surface area contributed by atoms with Gasteiger partial charge in [0.25, 0.3) is 0 Å². The summed E-state index contributed by atoms with van der Waals surface area (Å²) in [4.78, 5) is 6.18. The number of fused-ring (bicyclic) bond motifs is 4. The van der Waals surface area contributed by atoms with Gasteiger partial charge in [0.1, 0.15) is 5.75 Å². The third-order valence-electron chi connectivity index (χ3n) is 3.63. The molecule has 2 heterocycles. The summed E-state index contributed by atoms with van der Waals surface area (Å²) in [5, 5.41) is 1.14. The van der Waals surface area contributed by atoms with Crippen molar-refractivity contribution in [3.8, 4) is 17.0 Å². The summed E-state index contributed by atoms with van der Waals surface area (Å²) in [5.41, 5.74) is 4.69. The Bertz CT molecular complexity index is 813. The molecule has 3 heteroatoms. The lowest BCUT2D eigenvalue weighted by atomic mass is 10.0. The third-order valence-corrected chi connectivity index (χ3v) is 4.75. The molecule has 20 heavy (non-hydrogen) atoms. The first-order valence-electron chi connectivity index (χ1n) is 6.55. The lowest BCUT2D eigenvalue weighted by Gasteiger charge is -2.19. The fourth-order valence-electron chi connectivity index (χ4n) is 2.61. The van der Waals surface area contributed by atoms with Gasteiger partial charge in [0, 0.05) is 21.6 Å². The molecule has 2 aromatic carbocycles.